The lowest BCUT2D eigenvalue weighted by Crippen LogP contribution is -2.26. The van der Waals surface area contributed by atoms with Crippen LogP contribution in [0.3, 0.4) is 0 Å². The van der Waals surface area contributed by atoms with E-state index in [2.05, 4.69) is 5.32 Å². The molecular formula is C15H14Cl2N2O. The van der Waals surface area contributed by atoms with Crippen molar-refractivity contribution in [3.05, 3.63) is 63.6 Å². The second kappa shape index (κ2) is 6.16. The van der Waals surface area contributed by atoms with E-state index in [1.54, 1.807) is 24.3 Å². The van der Waals surface area contributed by atoms with Crippen molar-refractivity contribution in [2.24, 2.45) is 0 Å². The van der Waals surface area contributed by atoms with Gasteiger partial charge in [-0.25, -0.2) is 0 Å². The van der Waals surface area contributed by atoms with Crippen molar-refractivity contribution in [2.45, 2.75) is 13.0 Å². The predicted molar refractivity (Wildman–Crippen MR) is 83.2 cm³/mol. The van der Waals surface area contributed by atoms with Crippen LogP contribution in [0.5, 0.6) is 0 Å². The van der Waals surface area contributed by atoms with Gasteiger partial charge in [-0.15, -0.1) is 0 Å². The first-order chi connectivity index (χ1) is 9.47. The molecule has 0 spiro atoms. The van der Waals surface area contributed by atoms with E-state index in [-0.39, 0.29) is 11.9 Å². The van der Waals surface area contributed by atoms with Gasteiger partial charge in [-0.1, -0.05) is 35.3 Å². The average Bonchev–Trinajstić information content (AvgIpc) is 2.41. The van der Waals surface area contributed by atoms with Gasteiger partial charge in [0.1, 0.15) is 0 Å². The molecule has 0 heterocycles. The summed E-state index contributed by atoms with van der Waals surface area (Å²) in [4.78, 5) is 12.1. The molecule has 0 bridgehead atoms. The SMILES string of the molecule is CC(NC(=O)c1ccc(Cl)c(Cl)c1)c1cccc(N)c1. The number of rotatable bonds is 3. The maximum absolute atomic E-state index is 12.1. The maximum atomic E-state index is 12.1. The van der Waals surface area contributed by atoms with Crippen molar-refractivity contribution in [3.63, 3.8) is 0 Å². The number of nitrogens with one attached hydrogen (secondary N) is 1. The zero-order valence-corrected chi connectivity index (χ0v) is 12.4. The van der Waals surface area contributed by atoms with E-state index in [4.69, 9.17) is 28.9 Å². The lowest BCUT2D eigenvalue weighted by molar-refractivity contribution is 0.0940. The summed E-state index contributed by atoms with van der Waals surface area (Å²) < 4.78 is 0. The van der Waals surface area contributed by atoms with E-state index < -0.39 is 0 Å². The van der Waals surface area contributed by atoms with Gasteiger partial charge in [0, 0.05) is 11.3 Å². The van der Waals surface area contributed by atoms with Crippen LogP contribution in [0.4, 0.5) is 5.69 Å². The van der Waals surface area contributed by atoms with Gasteiger partial charge in [0.25, 0.3) is 5.91 Å². The number of halogens is 2. The van der Waals surface area contributed by atoms with Crippen LogP contribution in [-0.4, -0.2) is 5.91 Å². The van der Waals surface area contributed by atoms with Gasteiger partial charge in [-0.3, -0.25) is 4.79 Å². The number of hydrogen-bond acceptors (Lipinski definition) is 2. The Kier molecular flexibility index (Phi) is 4.53. The van der Waals surface area contributed by atoms with E-state index >= 15 is 0 Å². The molecule has 0 aliphatic carbocycles. The second-order valence-corrected chi connectivity index (χ2v) is 5.31. The quantitative estimate of drug-likeness (QED) is 0.840. The Morgan fingerprint density at radius 3 is 2.55 bits per heavy atom. The standard InChI is InChI=1S/C15H14Cl2N2O/c1-9(10-3-2-4-12(18)7-10)19-15(20)11-5-6-13(16)14(17)8-11/h2-9H,18H2,1H3,(H,19,20). The number of carbonyl (C=O) groups is 1. The van der Waals surface area contributed by atoms with Crippen molar-refractivity contribution in [3.8, 4) is 0 Å². The number of benzene rings is 2. The zero-order valence-electron chi connectivity index (χ0n) is 10.9. The van der Waals surface area contributed by atoms with E-state index in [0.717, 1.165) is 5.56 Å². The molecule has 2 aromatic carbocycles. The van der Waals surface area contributed by atoms with Gasteiger partial charge in [0.2, 0.25) is 0 Å². The Hall–Kier alpha value is -1.71. The number of nitrogens with two attached hydrogens (primary N) is 1. The lowest BCUT2D eigenvalue weighted by atomic mass is 10.1. The molecule has 1 amide bonds. The Morgan fingerprint density at radius 1 is 1.15 bits per heavy atom. The molecule has 0 saturated heterocycles. The molecule has 0 radical (unpaired) electrons. The first-order valence-corrected chi connectivity index (χ1v) is 6.84. The fourth-order valence-corrected chi connectivity index (χ4v) is 2.13. The van der Waals surface area contributed by atoms with Crippen molar-refractivity contribution in [1.82, 2.24) is 5.32 Å². The van der Waals surface area contributed by atoms with Crippen LogP contribution in [0.15, 0.2) is 42.5 Å². The van der Waals surface area contributed by atoms with E-state index in [1.165, 1.54) is 0 Å². The Morgan fingerprint density at radius 2 is 1.90 bits per heavy atom. The van der Waals surface area contributed by atoms with Gasteiger partial charge in [-0.2, -0.15) is 0 Å². The summed E-state index contributed by atoms with van der Waals surface area (Å²) in [5, 5.41) is 3.67. The van der Waals surface area contributed by atoms with Crippen LogP contribution in [0.1, 0.15) is 28.9 Å². The summed E-state index contributed by atoms with van der Waals surface area (Å²) in [6, 6.07) is 12.0. The summed E-state index contributed by atoms with van der Waals surface area (Å²) in [5.41, 5.74) is 7.81. The third-order valence-corrected chi connectivity index (χ3v) is 3.68. The summed E-state index contributed by atoms with van der Waals surface area (Å²) in [7, 11) is 0. The molecule has 20 heavy (non-hydrogen) atoms. The van der Waals surface area contributed by atoms with Gasteiger partial charge in [0.05, 0.1) is 16.1 Å². The van der Waals surface area contributed by atoms with Crippen LogP contribution in [0, 0.1) is 0 Å². The van der Waals surface area contributed by atoms with Crippen molar-refractivity contribution in [2.75, 3.05) is 5.73 Å². The second-order valence-electron chi connectivity index (χ2n) is 4.49. The number of hydrogen-bond donors (Lipinski definition) is 2. The zero-order chi connectivity index (χ0) is 14.7. The molecular weight excluding hydrogens is 295 g/mol. The number of amides is 1. The molecule has 104 valence electrons. The monoisotopic (exact) mass is 308 g/mol. The minimum atomic E-state index is -0.210. The highest BCUT2D eigenvalue weighted by Gasteiger charge is 2.12. The fraction of sp³-hybridized carbons (Fsp3) is 0.133. The minimum Gasteiger partial charge on any atom is -0.399 e. The molecule has 1 unspecified atom stereocenters. The van der Waals surface area contributed by atoms with Crippen LogP contribution in [-0.2, 0) is 0 Å². The highest BCUT2D eigenvalue weighted by atomic mass is 35.5. The van der Waals surface area contributed by atoms with E-state index in [1.807, 2.05) is 25.1 Å². The van der Waals surface area contributed by atoms with E-state index in [9.17, 15) is 4.79 Å². The Bertz CT molecular complexity index is 644. The molecule has 2 aromatic rings. The summed E-state index contributed by atoms with van der Waals surface area (Å²) >= 11 is 11.7. The van der Waals surface area contributed by atoms with Gasteiger partial charge < -0.3 is 11.1 Å². The molecule has 3 N–H and O–H groups in total. The van der Waals surface area contributed by atoms with Crippen LogP contribution in [0.2, 0.25) is 10.0 Å². The van der Waals surface area contributed by atoms with Crippen molar-refractivity contribution < 1.29 is 4.79 Å². The Labute approximate surface area is 127 Å². The van der Waals surface area contributed by atoms with E-state index in [0.29, 0.717) is 21.3 Å². The Balaban J connectivity index is 2.13. The molecule has 0 fully saturated rings. The lowest BCUT2D eigenvalue weighted by Gasteiger charge is -2.15. The third kappa shape index (κ3) is 3.44. The molecule has 0 aliphatic rings. The minimum absolute atomic E-state index is 0.152. The number of nitrogen functional groups attached to an aromatic ring is 1. The molecule has 3 nitrogen and oxygen atoms in total. The smallest absolute Gasteiger partial charge is 0.251 e. The van der Waals surface area contributed by atoms with Crippen molar-refractivity contribution in [1.29, 1.82) is 0 Å². The van der Waals surface area contributed by atoms with Crippen LogP contribution >= 0.6 is 23.2 Å². The normalized spacial score (nSPS) is 11.9. The van der Waals surface area contributed by atoms with Gasteiger partial charge in [-0.05, 0) is 42.8 Å². The molecule has 0 aromatic heterocycles. The first kappa shape index (κ1) is 14.7. The highest BCUT2D eigenvalue weighted by molar-refractivity contribution is 6.42. The summed E-state index contributed by atoms with van der Waals surface area (Å²) in [6.07, 6.45) is 0. The van der Waals surface area contributed by atoms with Gasteiger partial charge >= 0.3 is 0 Å². The molecule has 0 aliphatic heterocycles. The number of anilines is 1. The highest BCUT2D eigenvalue weighted by Crippen LogP contribution is 2.23. The molecule has 5 heteroatoms. The third-order valence-electron chi connectivity index (χ3n) is 2.94. The fourth-order valence-electron chi connectivity index (χ4n) is 1.83. The largest absolute Gasteiger partial charge is 0.399 e. The average molecular weight is 309 g/mol. The first-order valence-electron chi connectivity index (χ1n) is 6.08. The predicted octanol–water partition coefficient (Wildman–Crippen LogP) is 4.07. The molecule has 1 atom stereocenters. The maximum Gasteiger partial charge on any atom is 0.251 e. The number of carbonyl (C=O) groups excluding carboxylic acids is 1. The molecule has 2 rings (SSSR count). The van der Waals surface area contributed by atoms with Gasteiger partial charge in [0.15, 0.2) is 0 Å². The topological polar surface area (TPSA) is 55.1 Å². The van der Waals surface area contributed by atoms with Crippen LogP contribution in [0.25, 0.3) is 0 Å². The summed E-state index contributed by atoms with van der Waals surface area (Å²) in [6.45, 7) is 1.89. The summed E-state index contributed by atoms with van der Waals surface area (Å²) in [5.74, 6) is -0.210. The molecule has 0 saturated carbocycles. The van der Waals surface area contributed by atoms with Crippen LogP contribution < -0.4 is 11.1 Å². The van der Waals surface area contributed by atoms with Crippen molar-refractivity contribution >= 4 is 34.8 Å².